The van der Waals surface area contributed by atoms with Crippen LogP contribution in [-0.2, 0) is 4.74 Å². The molecule has 1 N–H and O–H groups in total. The monoisotopic (exact) mass is 273 g/mol. The Hall–Kier alpha value is -2.37. The fourth-order valence-electron chi connectivity index (χ4n) is 2.50. The molecule has 1 aliphatic rings. The molecule has 0 bridgehead atoms. The lowest BCUT2D eigenvalue weighted by atomic mass is 10.1. The van der Waals surface area contributed by atoms with E-state index >= 15 is 0 Å². The van der Waals surface area contributed by atoms with Gasteiger partial charge < -0.3 is 9.64 Å². The maximum atomic E-state index is 12.3. The second-order valence-electron chi connectivity index (χ2n) is 4.82. The van der Waals surface area contributed by atoms with E-state index in [0.29, 0.717) is 16.5 Å². The highest BCUT2D eigenvalue weighted by atomic mass is 16.5. The number of aromatic amines is 1. The summed E-state index contributed by atoms with van der Waals surface area (Å²) >= 11 is 0. The van der Waals surface area contributed by atoms with E-state index in [4.69, 9.17) is 0 Å². The van der Waals surface area contributed by atoms with E-state index in [2.05, 4.69) is 14.9 Å². The van der Waals surface area contributed by atoms with Crippen LogP contribution in [-0.4, -0.2) is 47.2 Å². The first-order chi connectivity index (χ1) is 9.70. The third kappa shape index (κ3) is 2.03. The zero-order valence-corrected chi connectivity index (χ0v) is 11.2. The van der Waals surface area contributed by atoms with Crippen molar-refractivity contribution in [3.8, 4) is 0 Å². The normalized spacial score (nSPS) is 14.8. The molecule has 2 heterocycles. The van der Waals surface area contributed by atoms with Crippen molar-refractivity contribution in [2.45, 2.75) is 12.8 Å². The minimum absolute atomic E-state index is 0.00131. The van der Waals surface area contributed by atoms with Gasteiger partial charge >= 0.3 is 5.97 Å². The lowest BCUT2D eigenvalue weighted by molar-refractivity contribution is 0.0595. The third-order valence-corrected chi connectivity index (χ3v) is 3.58. The highest BCUT2D eigenvalue weighted by molar-refractivity contribution is 6.05. The zero-order valence-electron chi connectivity index (χ0n) is 11.2. The lowest BCUT2D eigenvalue weighted by Crippen LogP contribution is -2.27. The van der Waals surface area contributed by atoms with Crippen LogP contribution in [0.25, 0.3) is 10.9 Å². The molecule has 1 aliphatic heterocycles. The molecule has 1 aromatic heterocycles. The molecule has 104 valence electrons. The number of nitrogens with zero attached hydrogens (tertiary/aromatic N) is 2. The van der Waals surface area contributed by atoms with Gasteiger partial charge in [0, 0.05) is 24.0 Å². The summed E-state index contributed by atoms with van der Waals surface area (Å²) in [5.41, 5.74) is 1.49. The molecule has 1 aromatic carbocycles. The predicted octanol–water partition coefficient (Wildman–Crippen LogP) is 1.59. The number of carbonyl (C=O) groups is 2. The van der Waals surface area contributed by atoms with Crippen LogP contribution in [0.4, 0.5) is 0 Å². The number of nitrogens with one attached hydrogen (secondary N) is 1. The Morgan fingerprint density at radius 1 is 1.30 bits per heavy atom. The molecular weight excluding hydrogens is 258 g/mol. The van der Waals surface area contributed by atoms with E-state index in [1.54, 1.807) is 18.2 Å². The summed E-state index contributed by atoms with van der Waals surface area (Å²) in [6, 6.07) is 5.21. The number of aromatic nitrogens is 2. The molecule has 1 saturated heterocycles. The third-order valence-electron chi connectivity index (χ3n) is 3.58. The van der Waals surface area contributed by atoms with Crippen molar-refractivity contribution in [3.63, 3.8) is 0 Å². The number of ether oxygens (including phenoxy) is 1. The van der Waals surface area contributed by atoms with E-state index in [9.17, 15) is 9.59 Å². The van der Waals surface area contributed by atoms with Crippen LogP contribution < -0.4 is 0 Å². The molecule has 6 nitrogen and oxygen atoms in total. The number of benzene rings is 1. The smallest absolute Gasteiger partial charge is 0.359 e. The van der Waals surface area contributed by atoms with Crippen molar-refractivity contribution in [3.05, 3.63) is 29.5 Å². The molecule has 1 amide bonds. The van der Waals surface area contributed by atoms with Crippen molar-refractivity contribution in [2.75, 3.05) is 20.2 Å². The Morgan fingerprint density at radius 2 is 2.05 bits per heavy atom. The van der Waals surface area contributed by atoms with Crippen molar-refractivity contribution in [1.29, 1.82) is 0 Å². The van der Waals surface area contributed by atoms with Crippen molar-refractivity contribution in [1.82, 2.24) is 15.1 Å². The van der Waals surface area contributed by atoms with E-state index < -0.39 is 5.97 Å². The molecule has 2 aromatic rings. The number of likely N-dealkylation sites (tertiary alicyclic amines) is 1. The Bertz CT molecular complexity index is 671. The average molecular weight is 273 g/mol. The van der Waals surface area contributed by atoms with E-state index in [-0.39, 0.29) is 11.6 Å². The minimum Gasteiger partial charge on any atom is -0.464 e. The molecule has 1 fully saturated rings. The number of esters is 1. The van der Waals surface area contributed by atoms with Gasteiger partial charge in [0.2, 0.25) is 0 Å². The van der Waals surface area contributed by atoms with Crippen LogP contribution >= 0.6 is 0 Å². The van der Waals surface area contributed by atoms with Gasteiger partial charge in [0.25, 0.3) is 5.91 Å². The van der Waals surface area contributed by atoms with Crippen LogP contribution in [0, 0.1) is 0 Å². The molecule has 3 rings (SSSR count). The standard InChI is InChI=1S/C14H15N3O3/c1-20-14(19)12-10-8-9(4-5-11(10)15-16-12)13(18)17-6-2-3-7-17/h4-5,8H,2-3,6-7H2,1H3,(H,15,16). The topological polar surface area (TPSA) is 75.3 Å². The number of hydrogen-bond acceptors (Lipinski definition) is 4. The highest BCUT2D eigenvalue weighted by Gasteiger charge is 2.21. The zero-order chi connectivity index (χ0) is 14.1. The van der Waals surface area contributed by atoms with Gasteiger partial charge in [-0.05, 0) is 31.0 Å². The lowest BCUT2D eigenvalue weighted by Gasteiger charge is -2.15. The van der Waals surface area contributed by atoms with Gasteiger partial charge in [0.15, 0.2) is 5.69 Å². The summed E-state index contributed by atoms with van der Waals surface area (Å²) < 4.78 is 4.69. The Labute approximate surface area is 115 Å². The molecule has 0 atom stereocenters. The summed E-state index contributed by atoms with van der Waals surface area (Å²) in [5, 5.41) is 7.32. The van der Waals surface area contributed by atoms with Gasteiger partial charge in [-0.25, -0.2) is 4.79 Å². The molecule has 0 saturated carbocycles. The van der Waals surface area contributed by atoms with E-state index in [1.165, 1.54) is 7.11 Å². The van der Waals surface area contributed by atoms with Crippen LogP contribution in [0.3, 0.4) is 0 Å². The average Bonchev–Trinajstić information content (AvgIpc) is 3.14. The number of carbonyl (C=O) groups excluding carboxylic acids is 2. The van der Waals surface area contributed by atoms with Crippen LogP contribution in [0.15, 0.2) is 18.2 Å². The summed E-state index contributed by atoms with van der Waals surface area (Å²) in [6.45, 7) is 1.60. The molecule has 6 heteroatoms. The first kappa shape index (κ1) is 12.7. The maximum absolute atomic E-state index is 12.3. The summed E-state index contributed by atoms with van der Waals surface area (Å²) in [5.74, 6) is -0.511. The Morgan fingerprint density at radius 3 is 2.75 bits per heavy atom. The number of hydrogen-bond donors (Lipinski definition) is 1. The fourth-order valence-corrected chi connectivity index (χ4v) is 2.50. The second-order valence-corrected chi connectivity index (χ2v) is 4.82. The van der Waals surface area contributed by atoms with Gasteiger partial charge in [-0.3, -0.25) is 9.89 Å². The van der Waals surface area contributed by atoms with E-state index in [0.717, 1.165) is 25.9 Å². The number of fused-ring (bicyclic) bond motifs is 1. The summed E-state index contributed by atoms with van der Waals surface area (Å²) in [6.07, 6.45) is 2.10. The van der Waals surface area contributed by atoms with Gasteiger partial charge in [0.1, 0.15) is 0 Å². The Kier molecular flexibility index (Phi) is 3.14. The van der Waals surface area contributed by atoms with Crippen LogP contribution in [0.2, 0.25) is 0 Å². The molecule has 0 radical (unpaired) electrons. The van der Waals surface area contributed by atoms with Crippen molar-refractivity contribution >= 4 is 22.8 Å². The quantitative estimate of drug-likeness (QED) is 0.843. The van der Waals surface area contributed by atoms with Crippen molar-refractivity contribution < 1.29 is 14.3 Å². The molecule has 0 aliphatic carbocycles. The molecular formula is C14H15N3O3. The number of H-pyrrole nitrogens is 1. The van der Waals surface area contributed by atoms with Gasteiger partial charge in [-0.1, -0.05) is 0 Å². The van der Waals surface area contributed by atoms with Gasteiger partial charge in [-0.2, -0.15) is 5.10 Å². The minimum atomic E-state index is -0.512. The first-order valence-electron chi connectivity index (χ1n) is 6.56. The van der Waals surface area contributed by atoms with E-state index in [1.807, 2.05) is 4.90 Å². The number of rotatable bonds is 2. The van der Waals surface area contributed by atoms with Crippen molar-refractivity contribution in [2.24, 2.45) is 0 Å². The van der Waals surface area contributed by atoms with Crippen LogP contribution in [0.1, 0.15) is 33.7 Å². The van der Waals surface area contributed by atoms with Gasteiger partial charge in [0.05, 0.1) is 12.6 Å². The summed E-state index contributed by atoms with van der Waals surface area (Å²) in [4.78, 5) is 25.8. The maximum Gasteiger partial charge on any atom is 0.359 e. The first-order valence-corrected chi connectivity index (χ1v) is 6.56. The number of methoxy groups -OCH3 is 1. The summed E-state index contributed by atoms with van der Waals surface area (Å²) in [7, 11) is 1.31. The molecule has 0 unspecified atom stereocenters. The van der Waals surface area contributed by atoms with Crippen LogP contribution in [0.5, 0.6) is 0 Å². The second kappa shape index (κ2) is 4.96. The van der Waals surface area contributed by atoms with Gasteiger partial charge in [-0.15, -0.1) is 0 Å². The molecule has 0 spiro atoms. The predicted molar refractivity (Wildman–Crippen MR) is 72.6 cm³/mol. The largest absolute Gasteiger partial charge is 0.464 e. The number of amides is 1. The fraction of sp³-hybridized carbons (Fsp3) is 0.357. The SMILES string of the molecule is COC(=O)c1n[nH]c2ccc(C(=O)N3CCCC3)cc12. The molecule has 20 heavy (non-hydrogen) atoms. The Balaban J connectivity index is 2.00. The highest BCUT2D eigenvalue weighted by Crippen LogP contribution is 2.20.